The zero-order valence-corrected chi connectivity index (χ0v) is 13.0. The van der Waals surface area contributed by atoms with E-state index < -0.39 is 10.0 Å². The molecule has 2 fully saturated rings. The molecule has 2 aliphatic heterocycles. The molecule has 0 spiro atoms. The molecule has 3 rings (SSSR count). The maximum atomic E-state index is 12.4. The van der Waals surface area contributed by atoms with E-state index in [0.29, 0.717) is 25.0 Å². The number of nitrogens with one attached hydrogen (secondary N) is 1. The van der Waals surface area contributed by atoms with Crippen molar-refractivity contribution in [3.05, 3.63) is 35.9 Å². The Morgan fingerprint density at radius 2 is 1.95 bits per heavy atom. The Morgan fingerprint density at radius 3 is 2.70 bits per heavy atom. The van der Waals surface area contributed by atoms with E-state index in [-0.39, 0.29) is 18.2 Å². The van der Waals surface area contributed by atoms with Gasteiger partial charge in [-0.2, -0.15) is 0 Å². The van der Waals surface area contributed by atoms with Crippen molar-refractivity contribution in [2.75, 3.05) is 19.6 Å². The van der Waals surface area contributed by atoms with Crippen LogP contribution in [0.15, 0.2) is 30.3 Å². The summed E-state index contributed by atoms with van der Waals surface area (Å²) < 4.78 is 26.6. The second-order valence-electron chi connectivity index (χ2n) is 5.50. The Morgan fingerprint density at radius 1 is 1.20 bits per heavy atom. The first-order chi connectivity index (χ1) is 9.15. The van der Waals surface area contributed by atoms with Crippen molar-refractivity contribution in [1.29, 1.82) is 0 Å². The number of fused-ring (bicyclic) bond motifs is 1. The van der Waals surface area contributed by atoms with Gasteiger partial charge < -0.3 is 5.32 Å². The number of halogens is 1. The minimum absolute atomic E-state index is 0. The Labute approximate surface area is 127 Å². The van der Waals surface area contributed by atoms with Crippen molar-refractivity contribution in [3.8, 4) is 0 Å². The number of sulfonamides is 1. The molecule has 2 atom stereocenters. The molecule has 112 valence electrons. The van der Waals surface area contributed by atoms with Crippen molar-refractivity contribution < 1.29 is 8.42 Å². The third kappa shape index (κ3) is 3.34. The molecule has 0 bridgehead atoms. The lowest BCUT2D eigenvalue weighted by Gasteiger charge is -2.34. The molecular weight excluding hydrogens is 296 g/mol. The highest BCUT2D eigenvalue weighted by Crippen LogP contribution is 2.27. The molecule has 20 heavy (non-hydrogen) atoms. The van der Waals surface area contributed by atoms with Crippen LogP contribution >= 0.6 is 12.4 Å². The van der Waals surface area contributed by atoms with Crippen molar-refractivity contribution in [2.24, 2.45) is 5.92 Å². The van der Waals surface area contributed by atoms with Crippen molar-refractivity contribution in [1.82, 2.24) is 9.62 Å². The molecule has 1 N–H and O–H groups in total. The fourth-order valence-corrected chi connectivity index (χ4v) is 4.74. The molecule has 2 aliphatic rings. The summed E-state index contributed by atoms with van der Waals surface area (Å²) in [4.78, 5) is 0. The Bertz CT molecular complexity index is 535. The van der Waals surface area contributed by atoms with Gasteiger partial charge in [0.15, 0.2) is 0 Å². The maximum Gasteiger partial charge on any atom is 0.218 e. The Balaban J connectivity index is 0.00000147. The number of nitrogens with zero attached hydrogens (tertiary/aromatic N) is 1. The van der Waals surface area contributed by atoms with Gasteiger partial charge in [0, 0.05) is 19.1 Å². The summed E-state index contributed by atoms with van der Waals surface area (Å²) in [6.45, 7) is 2.37. The maximum absolute atomic E-state index is 12.4. The minimum atomic E-state index is -3.17. The van der Waals surface area contributed by atoms with Gasteiger partial charge in [0.2, 0.25) is 10.0 Å². The largest absolute Gasteiger partial charge is 0.314 e. The Hall–Kier alpha value is -0.620. The highest BCUT2D eigenvalue weighted by Gasteiger charge is 2.36. The lowest BCUT2D eigenvalue weighted by molar-refractivity contribution is 0.247. The van der Waals surface area contributed by atoms with Crippen LogP contribution in [0.4, 0.5) is 0 Å². The van der Waals surface area contributed by atoms with E-state index in [4.69, 9.17) is 0 Å². The van der Waals surface area contributed by atoms with Gasteiger partial charge in [0.25, 0.3) is 0 Å². The average molecular weight is 317 g/mol. The van der Waals surface area contributed by atoms with Gasteiger partial charge in [0.1, 0.15) is 0 Å². The fourth-order valence-electron chi connectivity index (χ4n) is 3.14. The molecule has 4 nitrogen and oxygen atoms in total. The molecule has 2 unspecified atom stereocenters. The average Bonchev–Trinajstić information content (AvgIpc) is 2.86. The van der Waals surface area contributed by atoms with Crippen LogP contribution in [0.2, 0.25) is 0 Å². The summed E-state index contributed by atoms with van der Waals surface area (Å²) >= 11 is 0. The number of benzene rings is 1. The summed E-state index contributed by atoms with van der Waals surface area (Å²) in [5.74, 6) is 0.623. The fraction of sp³-hybridized carbons (Fsp3) is 0.571. The first-order valence-electron chi connectivity index (χ1n) is 6.90. The molecule has 0 saturated carbocycles. The number of rotatable bonds is 3. The molecule has 0 radical (unpaired) electrons. The van der Waals surface area contributed by atoms with E-state index in [2.05, 4.69) is 5.32 Å². The van der Waals surface area contributed by atoms with Crippen LogP contribution in [0.3, 0.4) is 0 Å². The summed E-state index contributed by atoms with van der Waals surface area (Å²) in [7, 11) is -3.17. The molecule has 1 aromatic rings. The quantitative estimate of drug-likeness (QED) is 0.922. The van der Waals surface area contributed by atoms with Gasteiger partial charge in [0.05, 0.1) is 5.75 Å². The SMILES string of the molecule is Cl.O=S(=O)(Cc1ccccc1)N1CCC2NCCC2C1. The summed E-state index contributed by atoms with van der Waals surface area (Å²) in [6.07, 6.45) is 2.04. The van der Waals surface area contributed by atoms with Crippen LogP contribution in [0.25, 0.3) is 0 Å². The number of piperidine rings is 1. The van der Waals surface area contributed by atoms with E-state index >= 15 is 0 Å². The molecule has 0 aromatic heterocycles. The smallest absolute Gasteiger partial charge is 0.218 e. The monoisotopic (exact) mass is 316 g/mol. The second kappa shape index (κ2) is 6.43. The zero-order valence-electron chi connectivity index (χ0n) is 11.4. The standard InChI is InChI=1S/C14H20N2O2S.ClH/c17-19(18,11-12-4-2-1-3-5-12)16-9-7-14-13(10-16)6-8-15-14;/h1-5,13-15H,6-11H2;1H. The highest BCUT2D eigenvalue weighted by atomic mass is 35.5. The van der Waals surface area contributed by atoms with Crippen LogP contribution in [0.1, 0.15) is 18.4 Å². The summed E-state index contributed by atoms with van der Waals surface area (Å²) in [5, 5.41) is 3.46. The number of hydrogen-bond acceptors (Lipinski definition) is 3. The van der Waals surface area contributed by atoms with Gasteiger partial charge in [-0.3, -0.25) is 0 Å². The van der Waals surface area contributed by atoms with Crippen molar-refractivity contribution in [3.63, 3.8) is 0 Å². The van der Waals surface area contributed by atoms with E-state index in [9.17, 15) is 8.42 Å². The van der Waals surface area contributed by atoms with Crippen molar-refractivity contribution in [2.45, 2.75) is 24.6 Å². The zero-order chi connectivity index (χ0) is 13.3. The molecule has 1 aromatic carbocycles. The minimum Gasteiger partial charge on any atom is -0.314 e. The van der Waals surface area contributed by atoms with Crippen molar-refractivity contribution >= 4 is 22.4 Å². The Kier molecular flexibility index (Phi) is 5.07. The third-order valence-electron chi connectivity index (χ3n) is 4.20. The molecule has 0 aliphatic carbocycles. The topological polar surface area (TPSA) is 49.4 Å². The molecular formula is C14H21ClN2O2S. The lowest BCUT2D eigenvalue weighted by atomic mass is 9.95. The van der Waals surface area contributed by atoms with Crippen LogP contribution in [-0.2, 0) is 15.8 Å². The van der Waals surface area contributed by atoms with Crippen LogP contribution in [0.5, 0.6) is 0 Å². The van der Waals surface area contributed by atoms with Gasteiger partial charge in [-0.1, -0.05) is 30.3 Å². The first-order valence-corrected chi connectivity index (χ1v) is 8.51. The second-order valence-corrected chi connectivity index (χ2v) is 7.47. The van der Waals surface area contributed by atoms with E-state index in [1.165, 1.54) is 0 Å². The molecule has 6 heteroatoms. The predicted molar refractivity (Wildman–Crippen MR) is 82.4 cm³/mol. The van der Waals surface area contributed by atoms with Gasteiger partial charge in [-0.25, -0.2) is 12.7 Å². The van der Waals surface area contributed by atoms with Crippen LogP contribution in [-0.4, -0.2) is 38.4 Å². The van der Waals surface area contributed by atoms with Gasteiger partial charge in [-0.15, -0.1) is 12.4 Å². The van der Waals surface area contributed by atoms with E-state index in [1.807, 2.05) is 30.3 Å². The molecule has 0 amide bonds. The third-order valence-corrected chi connectivity index (χ3v) is 6.02. The van der Waals surface area contributed by atoms with Gasteiger partial charge >= 0.3 is 0 Å². The summed E-state index contributed by atoms with van der Waals surface area (Å²) in [5.41, 5.74) is 0.870. The summed E-state index contributed by atoms with van der Waals surface area (Å²) in [6, 6.07) is 9.97. The van der Waals surface area contributed by atoms with Gasteiger partial charge in [-0.05, 0) is 30.9 Å². The lowest BCUT2D eigenvalue weighted by Crippen LogP contribution is -2.47. The normalized spacial score (nSPS) is 26.8. The first kappa shape index (κ1) is 15.8. The predicted octanol–water partition coefficient (Wildman–Crippen LogP) is 1.62. The number of hydrogen-bond donors (Lipinski definition) is 1. The van der Waals surface area contributed by atoms with Crippen LogP contribution in [0, 0.1) is 5.92 Å². The van der Waals surface area contributed by atoms with E-state index in [0.717, 1.165) is 24.9 Å². The van der Waals surface area contributed by atoms with E-state index in [1.54, 1.807) is 4.31 Å². The molecule has 2 heterocycles. The molecule has 2 saturated heterocycles. The highest BCUT2D eigenvalue weighted by molar-refractivity contribution is 7.88. The van der Waals surface area contributed by atoms with Crippen LogP contribution < -0.4 is 5.32 Å².